The van der Waals surface area contributed by atoms with Gasteiger partial charge in [-0.05, 0) is 44.9 Å². The summed E-state index contributed by atoms with van der Waals surface area (Å²) in [6, 6.07) is 9.72. The predicted octanol–water partition coefficient (Wildman–Crippen LogP) is 2.59. The molecule has 0 radical (unpaired) electrons. The Morgan fingerprint density at radius 1 is 1.25 bits per heavy atom. The van der Waals surface area contributed by atoms with Crippen LogP contribution in [0, 0.1) is 6.92 Å². The lowest BCUT2D eigenvalue weighted by Gasteiger charge is -2.11. The van der Waals surface area contributed by atoms with Gasteiger partial charge in [-0.1, -0.05) is 12.1 Å². The number of carbonyl (C=O) groups is 1. The fourth-order valence-corrected chi connectivity index (χ4v) is 2.29. The van der Waals surface area contributed by atoms with Crippen LogP contribution in [0.2, 0.25) is 0 Å². The van der Waals surface area contributed by atoms with Crippen molar-refractivity contribution >= 4 is 11.7 Å². The molecule has 0 fully saturated rings. The van der Waals surface area contributed by atoms with E-state index < -0.39 is 0 Å². The summed E-state index contributed by atoms with van der Waals surface area (Å²) in [6.45, 7) is 6.34. The van der Waals surface area contributed by atoms with Crippen molar-refractivity contribution in [2.45, 2.75) is 33.2 Å². The van der Waals surface area contributed by atoms with Crippen LogP contribution in [0.3, 0.4) is 0 Å². The third-order valence-electron chi connectivity index (χ3n) is 3.34. The number of amides is 1. The molecule has 0 saturated heterocycles. The maximum Gasteiger partial charge on any atom is 0.270 e. The number of benzene rings is 1. The van der Waals surface area contributed by atoms with Crippen molar-refractivity contribution in [2.75, 3.05) is 19.0 Å². The summed E-state index contributed by atoms with van der Waals surface area (Å²) in [5.74, 6) is 1.85. The van der Waals surface area contributed by atoms with Gasteiger partial charge in [0.25, 0.3) is 5.91 Å². The van der Waals surface area contributed by atoms with Gasteiger partial charge in [0.05, 0.1) is 7.11 Å². The van der Waals surface area contributed by atoms with Crippen LogP contribution in [0.4, 0.5) is 5.82 Å². The lowest BCUT2D eigenvalue weighted by atomic mass is 10.1. The number of nitrogens with one attached hydrogen (secondary N) is 2. The van der Waals surface area contributed by atoms with E-state index in [1.165, 1.54) is 0 Å². The number of anilines is 1. The highest BCUT2D eigenvalue weighted by Crippen LogP contribution is 2.13. The van der Waals surface area contributed by atoms with Crippen molar-refractivity contribution in [2.24, 2.45) is 0 Å². The average Bonchev–Trinajstić information content (AvgIpc) is 2.53. The van der Waals surface area contributed by atoms with Crippen molar-refractivity contribution in [3.63, 3.8) is 0 Å². The third kappa shape index (κ3) is 5.22. The second-order valence-corrected chi connectivity index (χ2v) is 5.84. The summed E-state index contributed by atoms with van der Waals surface area (Å²) in [5.41, 5.74) is 1.48. The Morgan fingerprint density at radius 3 is 2.75 bits per heavy atom. The van der Waals surface area contributed by atoms with Crippen molar-refractivity contribution < 1.29 is 9.53 Å². The molecule has 0 aliphatic rings. The van der Waals surface area contributed by atoms with E-state index >= 15 is 0 Å². The van der Waals surface area contributed by atoms with E-state index in [1.54, 1.807) is 20.1 Å². The summed E-state index contributed by atoms with van der Waals surface area (Å²) >= 11 is 0. The zero-order valence-electron chi connectivity index (χ0n) is 14.6. The van der Waals surface area contributed by atoms with Gasteiger partial charge in [-0.2, -0.15) is 0 Å². The number of aromatic nitrogens is 2. The van der Waals surface area contributed by atoms with E-state index in [9.17, 15) is 4.79 Å². The minimum atomic E-state index is -0.199. The van der Waals surface area contributed by atoms with Gasteiger partial charge < -0.3 is 15.4 Å². The molecule has 1 aromatic carbocycles. The molecule has 0 unspecified atom stereocenters. The first-order valence-corrected chi connectivity index (χ1v) is 8.01. The quantitative estimate of drug-likeness (QED) is 0.817. The molecule has 1 heterocycles. The number of hydrogen-bond donors (Lipinski definition) is 2. The average molecular weight is 328 g/mol. The van der Waals surface area contributed by atoms with E-state index in [0.717, 1.165) is 17.7 Å². The van der Waals surface area contributed by atoms with Crippen LogP contribution in [-0.4, -0.2) is 35.6 Å². The first kappa shape index (κ1) is 17.7. The molecule has 6 heteroatoms. The van der Waals surface area contributed by atoms with Crippen LogP contribution in [0.1, 0.15) is 35.7 Å². The molecule has 128 valence electrons. The number of ether oxygens (including phenoxy) is 1. The van der Waals surface area contributed by atoms with Gasteiger partial charge in [-0.3, -0.25) is 4.79 Å². The molecule has 6 nitrogen and oxygen atoms in total. The lowest BCUT2D eigenvalue weighted by molar-refractivity contribution is 0.0949. The Hall–Kier alpha value is -2.63. The number of nitrogens with zero attached hydrogens (tertiary/aromatic N) is 2. The maximum absolute atomic E-state index is 12.3. The van der Waals surface area contributed by atoms with Crippen molar-refractivity contribution in [1.82, 2.24) is 15.3 Å². The van der Waals surface area contributed by atoms with Crippen molar-refractivity contribution in [1.29, 1.82) is 0 Å². The summed E-state index contributed by atoms with van der Waals surface area (Å²) in [5, 5.41) is 6.09. The smallest absolute Gasteiger partial charge is 0.270 e. The molecule has 2 N–H and O–H groups in total. The first-order chi connectivity index (χ1) is 11.5. The highest BCUT2D eigenvalue weighted by molar-refractivity contribution is 5.92. The predicted molar refractivity (Wildman–Crippen MR) is 94.6 cm³/mol. The van der Waals surface area contributed by atoms with Crippen LogP contribution >= 0.6 is 0 Å². The standard InChI is InChI=1S/C18H24N4O2/c1-12(2)20-17-11-16(21-13(3)22-17)18(23)19-9-8-14-6-5-7-15(10-14)24-4/h5-7,10-12H,8-9H2,1-4H3,(H,19,23)(H,20,21,22). The Bertz CT molecular complexity index is 701. The molecule has 0 aliphatic carbocycles. The minimum absolute atomic E-state index is 0.199. The summed E-state index contributed by atoms with van der Waals surface area (Å²) in [7, 11) is 1.64. The number of aryl methyl sites for hydroxylation is 1. The molecule has 1 aromatic heterocycles. The molecule has 2 aromatic rings. The highest BCUT2D eigenvalue weighted by Gasteiger charge is 2.10. The molecule has 1 amide bonds. The van der Waals surface area contributed by atoms with Gasteiger partial charge in [0.1, 0.15) is 23.1 Å². The largest absolute Gasteiger partial charge is 0.497 e. The SMILES string of the molecule is COc1cccc(CCNC(=O)c2cc(NC(C)C)nc(C)n2)c1. The zero-order valence-corrected chi connectivity index (χ0v) is 14.6. The van der Waals surface area contributed by atoms with E-state index in [2.05, 4.69) is 20.6 Å². The Kier molecular flexibility index (Phi) is 6.12. The molecular weight excluding hydrogens is 304 g/mol. The molecule has 0 atom stereocenters. The first-order valence-electron chi connectivity index (χ1n) is 8.01. The molecule has 0 aliphatic heterocycles. The Morgan fingerprint density at radius 2 is 2.04 bits per heavy atom. The molecule has 0 bridgehead atoms. The lowest BCUT2D eigenvalue weighted by Crippen LogP contribution is -2.27. The molecule has 2 rings (SSSR count). The second kappa shape index (κ2) is 8.29. The van der Waals surface area contributed by atoms with Crippen LogP contribution in [0.15, 0.2) is 30.3 Å². The Balaban J connectivity index is 1.95. The van der Waals surface area contributed by atoms with Gasteiger partial charge in [0.2, 0.25) is 0 Å². The fourth-order valence-electron chi connectivity index (χ4n) is 2.29. The molecular formula is C18H24N4O2. The third-order valence-corrected chi connectivity index (χ3v) is 3.34. The van der Waals surface area contributed by atoms with Gasteiger partial charge >= 0.3 is 0 Å². The van der Waals surface area contributed by atoms with Gasteiger partial charge in [0.15, 0.2) is 0 Å². The van der Waals surface area contributed by atoms with Crippen LogP contribution in [0.5, 0.6) is 5.75 Å². The van der Waals surface area contributed by atoms with Gasteiger partial charge in [-0.15, -0.1) is 0 Å². The van der Waals surface area contributed by atoms with Gasteiger partial charge in [0, 0.05) is 18.7 Å². The van der Waals surface area contributed by atoms with Crippen LogP contribution in [-0.2, 0) is 6.42 Å². The van der Waals surface area contributed by atoms with E-state index in [4.69, 9.17) is 4.74 Å². The van der Waals surface area contributed by atoms with Crippen LogP contribution < -0.4 is 15.4 Å². The van der Waals surface area contributed by atoms with Crippen molar-refractivity contribution in [3.8, 4) is 5.75 Å². The number of methoxy groups -OCH3 is 1. The van der Waals surface area contributed by atoms with E-state index in [1.807, 2.05) is 38.1 Å². The maximum atomic E-state index is 12.3. The second-order valence-electron chi connectivity index (χ2n) is 5.84. The summed E-state index contributed by atoms with van der Waals surface area (Å²) in [6.07, 6.45) is 0.726. The van der Waals surface area contributed by atoms with Gasteiger partial charge in [-0.25, -0.2) is 9.97 Å². The number of hydrogen-bond acceptors (Lipinski definition) is 5. The Labute approximate surface area is 142 Å². The normalized spacial score (nSPS) is 10.5. The van der Waals surface area contributed by atoms with E-state index in [-0.39, 0.29) is 11.9 Å². The monoisotopic (exact) mass is 328 g/mol. The molecule has 0 saturated carbocycles. The summed E-state index contributed by atoms with van der Waals surface area (Å²) < 4.78 is 5.20. The number of carbonyl (C=O) groups excluding carboxylic acids is 1. The summed E-state index contributed by atoms with van der Waals surface area (Å²) in [4.78, 5) is 20.8. The fraction of sp³-hybridized carbons (Fsp3) is 0.389. The topological polar surface area (TPSA) is 76.1 Å². The highest BCUT2D eigenvalue weighted by atomic mass is 16.5. The zero-order chi connectivity index (χ0) is 17.5. The minimum Gasteiger partial charge on any atom is -0.497 e. The van der Waals surface area contributed by atoms with E-state index in [0.29, 0.717) is 23.9 Å². The van der Waals surface area contributed by atoms with Crippen molar-refractivity contribution in [3.05, 3.63) is 47.4 Å². The molecule has 24 heavy (non-hydrogen) atoms. The van der Waals surface area contributed by atoms with Crippen LogP contribution in [0.25, 0.3) is 0 Å². The number of rotatable bonds is 7. The molecule has 0 spiro atoms.